The molecule has 0 atom stereocenters. The third-order valence-electron chi connectivity index (χ3n) is 5.22. The zero-order valence-corrected chi connectivity index (χ0v) is 10.7. The summed E-state index contributed by atoms with van der Waals surface area (Å²) in [5.74, 6) is 3.87. The van der Waals surface area contributed by atoms with E-state index >= 15 is 0 Å². The summed E-state index contributed by atoms with van der Waals surface area (Å²) in [5.41, 5.74) is 0.152. The molecule has 0 spiro atoms. The van der Waals surface area contributed by atoms with Crippen LogP contribution >= 0.6 is 0 Å². The number of carbonyl (C=O) groups is 1. The number of hydrogen-bond acceptors (Lipinski definition) is 1. The van der Waals surface area contributed by atoms with Gasteiger partial charge in [0.1, 0.15) is 5.78 Å². The summed E-state index contributed by atoms with van der Waals surface area (Å²) >= 11 is 0. The summed E-state index contributed by atoms with van der Waals surface area (Å²) in [6, 6.07) is 0. The van der Waals surface area contributed by atoms with Crippen LogP contribution in [0.3, 0.4) is 0 Å². The molecule has 0 heterocycles. The standard InChI is InChI=1S/C15H24O/c1-10(2)3-14(16)15-7-11-4-12(8-15)6-13(5-11)9-15/h10-13H,3-9H2,1-2H3. The third-order valence-corrected chi connectivity index (χ3v) is 5.22. The highest BCUT2D eigenvalue weighted by Gasteiger charge is 2.53. The number of hydrogen-bond donors (Lipinski definition) is 0. The largest absolute Gasteiger partial charge is 0.299 e. The van der Waals surface area contributed by atoms with Gasteiger partial charge in [0.2, 0.25) is 0 Å². The van der Waals surface area contributed by atoms with E-state index in [-0.39, 0.29) is 5.41 Å². The first-order chi connectivity index (χ1) is 7.57. The summed E-state index contributed by atoms with van der Waals surface area (Å²) < 4.78 is 0. The lowest BCUT2D eigenvalue weighted by molar-refractivity contribution is -0.144. The van der Waals surface area contributed by atoms with E-state index in [9.17, 15) is 4.79 Å². The summed E-state index contributed by atoms with van der Waals surface area (Å²) in [7, 11) is 0. The molecule has 0 aromatic rings. The molecular formula is C15H24O. The molecule has 16 heavy (non-hydrogen) atoms. The molecule has 0 saturated heterocycles. The minimum absolute atomic E-state index is 0.152. The molecule has 0 amide bonds. The number of rotatable bonds is 3. The van der Waals surface area contributed by atoms with E-state index in [4.69, 9.17) is 0 Å². The molecule has 90 valence electrons. The van der Waals surface area contributed by atoms with Crippen LogP contribution in [0.2, 0.25) is 0 Å². The Balaban J connectivity index is 1.80. The molecule has 4 rings (SSSR count). The first-order valence-electron chi connectivity index (χ1n) is 7.11. The topological polar surface area (TPSA) is 17.1 Å². The van der Waals surface area contributed by atoms with E-state index in [1.165, 1.54) is 38.5 Å². The first-order valence-corrected chi connectivity index (χ1v) is 7.11. The van der Waals surface area contributed by atoms with Crippen molar-refractivity contribution in [3.8, 4) is 0 Å². The van der Waals surface area contributed by atoms with Crippen molar-refractivity contribution in [1.82, 2.24) is 0 Å². The molecule has 0 N–H and O–H groups in total. The molecule has 4 aliphatic rings. The molecule has 4 fully saturated rings. The Kier molecular flexibility index (Phi) is 2.42. The zero-order valence-electron chi connectivity index (χ0n) is 10.7. The summed E-state index contributed by atoms with van der Waals surface area (Å²) in [5, 5.41) is 0. The third kappa shape index (κ3) is 1.63. The Morgan fingerprint density at radius 3 is 1.88 bits per heavy atom. The smallest absolute Gasteiger partial charge is 0.139 e. The van der Waals surface area contributed by atoms with Gasteiger partial charge in [-0.3, -0.25) is 4.79 Å². The number of Topliss-reactive ketones (excluding diaryl/α,β-unsaturated/α-hetero) is 1. The molecular weight excluding hydrogens is 196 g/mol. The van der Waals surface area contributed by atoms with Crippen LogP contribution in [-0.2, 0) is 4.79 Å². The van der Waals surface area contributed by atoms with Gasteiger partial charge in [0.05, 0.1) is 0 Å². The lowest BCUT2D eigenvalue weighted by atomic mass is 9.48. The Morgan fingerprint density at radius 2 is 1.50 bits per heavy atom. The fourth-order valence-electron chi connectivity index (χ4n) is 5.04. The molecule has 0 aromatic carbocycles. The molecule has 0 aromatic heterocycles. The van der Waals surface area contributed by atoms with Crippen LogP contribution in [0.15, 0.2) is 0 Å². The van der Waals surface area contributed by atoms with Gasteiger partial charge >= 0.3 is 0 Å². The average Bonchev–Trinajstić information content (AvgIpc) is 2.13. The van der Waals surface area contributed by atoms with E-state index < -0.39 is 0 Å². The van der Waals surface area contributed by atoms with Crippen LogP contribution in [0.1, 0.15) is 58.8 Å². The Labute approximate surface area is 99.0 Å². The van der Waals surface area contributed by atoms with Crippen molar-refractivity contribution in [2.45, 2.75) is 58.8 Å². The summed E-state index contributed by atoms with van der Waals surface area (Å²) in [6.45, 7) is 4.36. The van der Waals surface area contributed by atoms with Gasteiger partial charge in [-0.15, -0.1) is 0 Å². The van der Waals surface area contributed by atoms with Crippen LogP contribution < -0.4 is 0 Å². The van der Waals surface area contributed by atoms with Crippen molar-refractivity contribution in [1.29, 1.82) is 0 Å². The van der Waals surface area contributed by atoms with Crippen LogP contribution in [0.4, 0.5) is 0 Å². The van der Waals surface area contributed by atoms with E-state index in [0.717, 1.165) is 24.2 Å². The van der Waals surface area contributed by atoms with Crippen molar-refractivity contribution in [2.24, 2.45) is 29.1 Å². The molecule has 0 unspecified atom stereocenters. The van der Waals surface area contributed by atoms with Crippen LogP contribution in [-0.4, -0.2) is 5.78 Å². The second-order valence-corrected chi connectivity index (χ2v) is 7.22. The van der Waals surface area contributed by atoms with Crippen LogP contribution in [0.5, 0.6) is 0 Å². The van der Waals surface area contributed by atoms with Crippen molar-refractivity contribution in [3.05, 3.63) is 0 Å². The lowest BCUT2D eigenvalue weighted by Gasteiger charge is -2.56. The second kappa shape index (κ2) is 3.58. The maximum Gasteiger partial charge on any atom is 0.139 e. The predicted molar refractivity (Wildman–Crippen MR) is 65.1 cm³/mol. The Bertz CT molecular complexity index is 267. The predicted octanol–water partition coefficient (Wildman–Crippen LogP) is 3.82. The van der Waals surface area contributed by atoms with Crippen LogP contribution in [0, 0.1) is 29.1 Å². The minimum Gasteiger partial charge on any atom is -0.299 e. The molecule has 4 aliphatic carbocycles. The molecule has 4 saturated carbocycles. The Morgan fingerprint density at radius 1 is 1.06 bits per heavy atom. The highest BCUT2D eigenvalue weighted by atomic mass is 16.1. The van der Waals surface area contributed by atoms with Crippen molar-refractivity contribution < 1.29 is 4.79 Å². The van der Waals surface area contributed by atoms with Gasteiger partial charge in [-0.25, -0.2) is 0 Å². The summed E-state index contributed by atoms with van der Waals surface area (Å²) in [6.07, 6.45) is 8.86. The highest BCUT2D eigenvalue weighted by molar-refractivity contribution is 5.85. The quantitative estimate of drug-likeness (QED) is 0.706. The van der Waals surface area contributed by atoms with Crippen molar-refractivity contribution in [2.75, 3.05) is 0 Å². The first kappa shape index (κ1) is 10.8. The molecule has 1 nitrogen and oxygen atoms in total. The molecule has 0 aliphatic heterocycles. The highest BCUT2D eigenvalue weighted by Crippen LogP contribution is 2.60. The summed E-state index contributed by atoms with van der Waals surface area (Å²) in [4.78, 5) is 12.5. The number of ketones is 1. The average molecular weight is 220 g/mol. The zero-order chi connectivity index (χ0) is 11.3. The van der Waals surface area contributed by atoms with Gasteiger partial charge in [0.15, 0.2) is 0 Å². The van der Waals surface area contributed by atoms with Gasteiger partial charge < -0.3 is 0 Å². The van der Waals surface area contributed by atoms with Crippen molar-refractivity contribution in [3.63, 3.8) is 0 Å². The van der Waals surface area contributed by atoms with E-state index in [1.54, 1.807) is 0 Å². The van der Waals surface area contributed by atoms with Gasteiger partial charge in [0.25, 0.3) is 0 Å². The van der Waals surface area contributed by atoms with Crippen molar-refractivity contribution >= 4 is 5.78 Å². The monoisotopic (exact) mass is 220 g/mol. The van der Waals surface area contributed by atoms with Gasteiger partial charge in [-0.1, -0.05) is 13.8 Å². The molecule has 0 radical (unpaired) electrons. The number of carbonyl (C=O) groups excluding carboxylic acids is 1. The van der Waals surface area contributed by atoms with Gasteiger partial charge in [-0.2, -0.15) is 0 Å². The SMILES string of the molecule is CC(C)CC(=O)C12CC3CC(CC(C3)C1)C2. The van der Waals surface area contributed by atoms with E-state index in [2.05, 4.69) is 13.8 Å². The molecule has 1 heteroatoms. The fourth-order valence-corrected chi connectivity index (χ4v) is 5.04. The fraction of sp³-hybridized carbons (Fsp3) is 0.933. The Hall–Kier alpha value is -0.330. The van der Waals surface area contributed by atoms with E-state index in [1.807, 2.05) is 0 Å². The van der Waals surface area contributed by atoms with Gasteiger partial charge in [0, 0.05) is 11.8 Å². The maximum atomic E-state index is 12.5. The van der Waals surface area contributed by atoms with Crippen LogP contribution in [0.25, 0.3) is 0 Å². The van der Waals surface area contributed by atoms with Gasteiger partial charge in [-0.05, 0) is 62.2 Å². The van der Waals surface area contributed by atoms with E-state index in [0.29, 0.717) is 11.7 Å². The molecule has 4 bridgehead atoms. The second-order valence-electron chi connectivity index (χ2n) is 7.22. The minimum atomic E-state index is 0.152. The normalized spacial score (nSPS) is 45.3. The maximum absolute atomic E-state index is 12.5. The lowest BCUT2D eigenvalue weighted by Crippen LogP contribution is -2.50.